The van der Waals surface area contributed by atoms with Crippen molar-refractivity contribution >= 4 is 15.9 Å². The summed E-state index contributed by atoms with van der Waals surface area (Å²) in [5, 5.41) is 2.69. The van der Waals surface area contributed by atoms with Gasteiger partial charge in [0.15, 0.2) is 0 Å². The summed E-state index contributed by atoms with van der Waals surface area (Å²) in [4.78, 5) is 10.9. The summed E-state index contributed by atoms with van der Waals surface area (Å²) in [6.07, 6.45) is 3.08. The predicted molar refractivity (Wildman–Crippen MR) is 81.2 cm³/mol. The van der Waals surface area contributed by atoms with Gasteiger partial charge >= 0.3 is 0 Å². The molecule has 1 aromatic rings. The molecular formula is C15H21FN2O3S. The number of carbonyl (C=O) groups is 1. The molecule has 7 heteroatoms. The number of nitrogens with zero attached hydrogens (tertiary/aromatic N) is 1. The number of carbonyl (C=O) groups excluding carboxylic acids is 1. The van der Waals surface area contributed by atoms with E-state index in [0.29, 0.717) is 19.5 Å². The minimum atomic E-state index is -3.70. The molecule has 5 nitrogen and oxygen atoms in total. The summed E-state index contributed by atoms with van der Waals surface area (Å²) >= 11 is 0. The van der Waals surface area contributed by atoms with E-state index in [1.54, 1.807) is 0 Å². The van der Waals surface area contributed by atoms with Crippen molar-refractivity contribution in [2.24, 2.45) is 0 Å². The fourth-order valence-electron chi connectivity index (χ4n) is 2.76. The maximum atomic E-state index is 13.3. The number of nitrogens with one attached hydrogen (secondary N) is 1. The van der Waals surface area contributed by atoms with Crippen LogP contribution in [0.4, 0.5) is 4.39 Å². The fourth-order valence-corrected chi connectivity index (χ4v) is 4.51. The van der Waals surface area contributed by atoms with Crippen LogP contribution in [0, 0.1) is 5.82 Å². The highest BCUT2D eigenvalue weighted by molar-refractivity contribution is 7.89. The third kappa shape index (κ3) is 4.04. The molecule has 1 heterocycles. The van der Waals surface area contributed by atoms with Crippen LogP contribution in [0.1, 0.15) is 32.6 Å². The summed E-state index contributed by atoms with van der Waals surface area (Å²) in [5.41, 5.74) is 0. The van der Waals surface area contributed by atoms with Gasteiger partial charge < -0.3 is 5.32 Å². The molecule has 0 bridgehead atoms. The van der Waals surface area contributed by atoms with Crippen molar-refractivity contribution in [3.8, 4) is 0 Å². The average molecular weight is 328 g/mol. The Morgan fingerprint density at radius 3 is 2.86 bits per heavy atom. The zero-order valence-corrected chi connectivity index (χ0v) is 13.4. The van der Waals surface area contributed by atoms with Crippen molar-refractivity contribution in [2.45, 2.75) is 43.5 Å². The zero-order chi connectivity index (χ0) is 16.2. The first kappa shape index (κ1) is 16.9. The van der Waals surface area contributed by atoms with Crippen LogP contribution in [-0.4, -0.2) is 37.8 Å². The number of benzene rings is 1. The maximum Gasteiger partial charge on any atom is 0.243 e. The lowest BCUT2D eigenvalue weighted by Gasteiger charge is -2.34. The van der Waals surface area contributed by atoms with E-state index in [2.05, 4.69) is 5.32 Å². The molecule has 0 aliphatic carbocycles. The highest BCUT2D eigenvalue weighted by Gasteiger charge is 2.33. The molecule has 1 N–H and O–H groups in total. The van der Waals surface area contributed by atoms with Gasteiger partial charge in [0.05, 0.1) is 4.90 Å². The van der Waals surface area contributed by atoms with E-state index in [4.69, 9.17) is 0 Å². The molecule has 1 saturated heterocycles. The topological polar surface area (TPSA) is 66.5 Å². The summed E-state index contributed by atoms with van der Waals surface area (Å²) < 4.78 is 40.2. The minimum Gasteiger partial charge on any atom is -0.356 e. The summed E-state index contributed by atoms with van der Waals surface area (Å²) in [7, 11) is -3.70. The average Bonchev–Trinajstić information content (AvgIpc) is 2.47. The van der Waals surface area contributed by atoms with E-state index >= 15 is 0 Å². The van der Waals surface area contributed by atoms with Crippen molar-refractivity contribution in [3.63, 3.8) is 0 Å². The second-order valence-electron chi connectivity index (χ2n) is 5.49. The predicted octanol–water partition coefficient (Wildman–Crippen LogP) is 1.90. The quantitative estimate of drug-likeness (QED) is 0.898. The number of amides is 1. The number of sulfonamides is 1. The monoisotopic (exact) mass is 328 g/mol. The van der Waals surface area contributed by atoms with Gasteiger partial charge in [0.2, 0.25) is 15.9 Å². The summed E-state index contributed by atoms with van der Waals surface area (Å²) in [6, 6.07) is 4.93. The Bertz CT molecular complexity index is 633. The fraction of sp³-hybridized carbons (Fsp3) is 0.533. The van der Waals surface area contributed by atoms with Gasteiger partial charge in [-0.1, -0.05) is 12.5 Å². The van der Waals surface area contributed by atoms with E-state index in [-0.39, 0.29) is 16.8 Å². The lowest BCUT2D eigenvalue weighted by Crippen LogP contribution is -2.45. The molecule has 22 heavy (non-hydrogen) atoms. The first-order chi connectivity index (χ1) is 10.4. The van der Waals surface area contributed by atoms with E-state index < -0.39 is 15.8 Å². The minimum absolute atomic E-state index is 0.0149. The molecule has 0 radical (unpaired) electrons. The van der Waals surface area contributed by atoms with Gasteiger partial charge in [-0.2, -0.15) is 4.31 Å². The van der Waals surface area contributed by atoms with Crippen molar-refractivity contribution in [3.05, 3.63) is 30.1 Å². The Morgan fingerprint density at radius 1 is 1.41 bits per heavy atom. The molecule has 122 valence electrons. The van der Waals surface area contributed by atoms with Gasteiger partial charge in [0.1, 0.15) is 5.82 Å². The van der Waals surface area contributed by atoms with Crippen LogP contribution >= 0.6 is 0 Å². The van der Waals surface area contributed by atoms with Gasteiger partial charge in [-0.25, -0.2) is 12.8 Å². The Hall–Kier alpha value is -1.47. The van der Waals surface area contributed by atoms with Crippen molar-refractivity contribution < 1.29 is 17.6 Å². The maximum absolute atomic E-state index is 13.3. The van der Waals surface area contributed by atoms with Crippen LogP contribution < -0.4 is 5.32 Å². The first-order valence-corrected chi connectivity index (χ1v) is 8.87. The van der Waals surface area contributed by atoms with Crippen LogP contribution in [0.5, 0.6) is 0 Å². The Labute approximate surface area is 130 Å². The smallest absolute Gasteiger partial charge is 0.243 e. The van der Waals surface area contributed by atoms with E-state index in [0.717, 1.165) is 25.3 Å². The van der Waals surface area contributed by atoms with Crippen LogP contribution in [0.3, 0.4) is 0 Å². The molecule has 0 saturated carbocycles. The standard InChI is InChI=1S/C15H21FN2O3S/c1-12(19)17-9-8-14-6-2-3-10-18(14)22(20,21)15-7-4-5-13(16)11-15/h4-5,7,11,14H,2-3,6,8-10H2,1H3,(H,17,19)/t14-/m1/s1. The second-order valence-corrected chi connectivity index (χ2v) is 7.38. The Morgan fingerprint density at radius 2 is 2.18 bits per heavy atom. The molecule has 1 aliphatic heterocycles. The van der Waals surface area contributed by atoms with Gasteiger partial charge in [0, 0.05) is 26.1 Å². The van der Waals surface area contributed by atoms with E-state index in [1.807, 2.05) is 0 Å². The lowest BCUT2D eigenvalue weighted by molar-refractivity contribution is -0.119. The molecule has 1 fully saturated rings. The number of piperidine rings is 1. The number of hydrogen-bond acceptors (Lipinski definition) is 3. The van der Waals surface area contributed by atoms with Crippen LogP contribution in [0.25, 0.3) is 0 Å². The Kier molecular flexibility index (Phi) is 5.52. The zero-order valence-electron chi connectivity index (χ0n) is 12.6. The largest absolute Gasteiger partial charge is 0.356 e. The van der Waals surface area contributed by atoms with Gasteiger partial charge in [-0.05, 0) is 37.5 Å². The molecule has 1 atom stereocenters. The van der Waals surface area contributed by atoms with E-state index in [9.17, 15) is 17.6 Å². The summed E-state index contributed by atoms with van der Waals surface area (Å²) in [6.45, 7) is 2.31. The third-order valence-electron chi connectivity index (χ3n) is 3.83. The molecule has 0 spiro atoms. The highest BCUT2D eigenvalue weighted by atomic mass is 32.2. The first-order valence-electron chi connectivity index (χ1n) is 7.43. The molecule has 1 aliphatic rings. The number of hydrogen-bond donors (Lipinski definition) is 1. The Balaban J connectivity index is 2.17. The third-order valence-corrected chi connectivity index (χ3v) is 5.78. The second kappa shape index (κ2) is 7.19. The van der Waals surface area contributed by atoms with E-state index in [1.165, 1.54) is 29.4 Å². The van der Waals surface area contributed by atoms with Crippen LogP contribution in [0.15, 0.2) is 29.2 Å². The molecule has 1 aromatic carbocycles. The van der Waals surface area contributed by atoms with Crippen LogP contribution in [-0.2, 0) is 14.8 Å². The normalized spacial score (nSPS) is 19.8. The van der Waals surface area contributed by atoms with Gasteiger partial charge in [-0.3, -0.25) is 4.79 Å². The summed E-state index contributed by atoms with van der Waals surface area (Å²) in [5.74, 6) is -0.691. The number of rotatable bonds is 5. The van der Waals surface area contributed by atoms with Crippen molar-refractivity contribution in [1.82, 2.24) is 9.62 Å². The highest BCUT2D eigenvalue weighted by Crippen LogP contribution is 2.27. The molecule has 0 unspecified atom stereocenters. The molecule has 1 amide bonds. The lowest BCUT2D eigenvalue weighted by atomic mass is 10.0. The van der Waals surface area contributed by atoms with Crippen molar-refractivity contribution in [1.29, 1.82) is 0 Å². The molecular weight excluding hydrogens is 307 g/mol. The van der Waals surface area contributed by atoms with Gasteiger partial charge in [-0.15, -0.1) is 0 Å². The number of halogens is 1. The van der Waals surface area contributed by atoms with Crippen LogP contribution in [0.2, 0.25) is 0 Å². The SMILES string of the molecule is CC(=O)NCC[C@H]1CCCCN1S(=O)(=O)c1cccc(F)c1. The molecule has 0 aromatic heterocycles. The molecule has 2 rings (SSSR count). The van der Waals surface area contributed by atoms with Gasteiger partial charge in [0.25, 0.3) is 0 Å². The van der Waals surface area contributed by atoms with Crippen molar-refractivity contribution in [2.75, 3.05) is 13.1 Å².